The fourth-order valence-electron chi connectivity index (χ4n) is 1.91. The van der Waals surface area contributed by atoms with Crippen molar-refractivity contribution in [2.75, 3.05) is 20.2 Å². The molecule has 15 heavy (non-hydrogen) atoms. The lowest BCUT2D eigenvalue weighted by Crippen LogP contribution is -2.23. The van der Waals surface area contributed by atoms with E-state index in [2.05, 4.69) is 15.3 Å². The molecule has 0 spiro atoms. The molecule has 0 amide bonds. The van der Waals surface area contributed by atoms with Crippen LogP contribution in [0.3, 0.4) is 0 Å². The van der Waals surface area contributed by atoms with Gasteiger partial charge in [-0.05, 0) is 6.07 Å². The number of nitrogens with one attached hydrogen (secondary N) is 1. The van der Waals surface area contributed by atoms with E-state index in [1.54, 1.807) is 6.20 Å². The van der Waals surface area contributed by atoms with Gasteiger partial charge in [0.1, 0.15) is 6.33 Å². The second kappa shape index (κ2) is 4.35. The number of esters is 1. The fraction of sp³-hybridized carbons (Fsp3) is 0.500. The molecule has 1 N–H and O–H groups in total. The van der Waals surface area contributed by atoms with Crippen LogP contribution in [0.25, 0.3) is 0 Å². The van der Waals surface area contributed by atoms with Crippen LogP contribution in [0.15, 0.2) is 18.6 Å². The van der Waals surface area contributed by atoms with Gasteiger partial charge in [0.15, 0.2) is 0 Å². The Morgan fingerprint density at radius 2 is 2.47 bits per heavy atom. The highest BCUT2D eigenvalue weighted by molar-refractivity contribution is 5.74. The summed E-state index contributed by atoms with van der Waals surface area (Å²) >= 11 is 0. The lowest BCUT2D eigenvalue weighted by atomic mass is 9.93. The topological polar surface area (TPSA) is 64.1 Å². The largest absolute Gasteiger partial charge is 0.469 e. The molecule has 2 heterocycles. The third-order valence-electron chi connectivity index (χ3n) is 2.70. The molecule has 2 rings (SSSR count). The summed E-state index contributed by atoms with van der Waals surface area (Å²) in [5.74, 6) is -0.214. The summed E-state index contributed by atoms with van der Waals surface area (Å²) in [5, 5.41) is 3.17. The monoisotopic (exact) mass is 207 g/mol. The van der Waals surface area contributed by atoms with Crippen LogP contribution in [-0.4, -0.2) is 36.1 Å². The number of methoxy groups -OCH3 is 1. The number of carbonyl (C=O) groups is 1. The SMILES string of the molecule is COC(=O)C1CNCC1c1ccncn1. The van der Waals surface area contributed by atoms with Crippen LogP contribution in [0.2, 0.25) is 0 Å². The summed E-state index contributed by atoms with van der Waals surface area (Å²) in [4.78, 5) is 19.5. The Morgan fingerprint density at radius 1 is 1.60 bits per heavy atom. The maximum Gasteiger partial charge on any atom is 0.310 e. The molecule has 0 aromatic carbocycles. The highest BCUT2D eigenvalue weighted by Gasteiger charge is 2.35. The van der Waals surface area contributed by atoms with Crippen LogP contribution in [0.5, 0.6) is 0 Å². The molecule has 0 radical (unpaired) electrons. The summed E-state index contributed by atoms with van der Waals surface area (Å²) in [6.07, 6.45) is 3.19. The Labute approximate surface area is 87.9 Å². The molecular weight excluding hydrogens is 194 g/mol. The molecule has 0 bridgehead atoms. The van der Waals surface area contributed by atoms with Crippen molar-refractivity contribution in [1.29, 1.82) is 0 Å². The van der Waals surface area contributed by atoms with Crippen molar-refractivity contribution in [2.24, 2.45) is 5.92 Å². The number of nitrogens with zero attached hydrogens (tertiary/aromatic N) is 2. The number of carbonyl (C=O) groups excluding carboxylic acids is 1. The van der Waals surface area contributed by atoms with Crippen molar-refractivity contribution in [2.45, 2.75) is 5.92 Å². The van der Waals surface area contributed by atoms with Gasteiger partial charge in [0.05, 0.1) is 13.0 Å². The third kappa shape index (κ3) is 1.97. The van der Waals surface area contributed by atoms with E-state index < -0.39 is 0 Å². The summed E-state index contributed by atoms with van der Waals surface area (Å²) in [5.41, 5.74) is 0.894. The molecule has 0 aliphatic carbocycles. The highest BCUT2D eigenvalue weighted by atomic mass is 16.5. The molecule has 5 nitrogen and oxygen atoms in total. The van der Waals surface area contributed by atoms with Gasteiger partial charge in [-0.15, -0.1) is 0 Å². The van der Waals surface area contributed by atoms with Gasteiger partial charge >= 0.3 is 5.97 Å². The molecule has 1 aliphatic heterocycles. The zero-order valence-electron chi connectivity index (χ0n) is 8.51. The van der Waals surface area contributed by atoms with Crippen molar-refractivity contribution in [3.63, 3.8) is 0 Å². The Morgan fingerprint density at radius 3 is 3.13 bits per heavy atom. The molecule has 0 saturated carbocycles. The van der Waals surface area contributed by atoms with Crippen LogP contribution in [-0.2, 0) is 9.53 Å². The molecule has 5 heteroatoms. The predicted molar refractivity (Wildman–Crippen MR) is 53.1 cm³/mol. The van der Waals surface area contributed by atoms with E-state index in [1.807, 2.05) is 6.07 Å². The van der Waals surface area contributed by atoms with Crippen LogP contribution >= 0.6 is 0 Å². The second-order valence-electron chi connectivity index (χ2n) is 3.53. The molecule has 1 aromatic rings. The van der Waals surface area contributed by atoms with Gasteiger partial charge in [0, 0.05) is 30.9 Å². The van der Waals surface area contributed by atoms with Crippen molar-refractivity contribution >= 4 is 5.97 Å². The van der Waals surface area contributed by atoms with Crippen molar-refractivity contribution < 1.29 is 9.53 Å². The molecule has 1 saturated heterocycles. The Kier molecular flexibility index (Phi) is 2.91. The minimum atomic E-state index is -0.177. The smallest absolute Gasteiger partial charge is 0.310 e. The molecule has 80 valence electrons. The van der Waals surface area contributed by atoms with E-state index >= 15 is 0 Å². The first-order chi connectivity index (χ1) is 7.33. The first-order valence-electron chi connectivity index (χ1n) is 4.87. The number of hydrogen-bond donors (Lipinski definition) is 1. The highest BCUT2D eigenvalue weighted by Crippen LogP contribution is 2.26. The standard InChI is InChI=1S/C10H13N3O2/c1-15-10(14)8-5-12-4-7(8)9-2-3-11-6-13-9/h2-3,6-8,12H,4-5H2,1H3. The lowest BCUT2D eigenvalue weighted by molar-refractivity contribution is -0.145. The van der Waals surface area contributed by atoms with E-state index in [0.29, 0.717) is 6.54 Å². The first-order valence-corrected chi connectivity index (χ1v) is 4.87. The lowest BCUT2D eigenvalue weighted by Gasteiger charge is -2.14. The van der Waals surface area contributed by atoms with Crippen molar-refractivity contribution in [1.82, 2.24) is 15.3 Å². The first kappa shape index (κ1) is 10.0. The van der Waals surface area contributed by atoms with Crippen molar-refractivity contribution in [3.05, 3.63) is 24.3 Å². The average Bonchev–Trinajstić information content (AvgIpc) is 2.78. The normalized spacial score (nSPS) is 25.1. The summed E-state index contributed by atoms with van der Waals surface area (Å²) < 4.78 is 4.76. The Hall–Kier alpha value is -1.49. The second-order valence-corrected chi connectivity index (χ2v) is 3.53. The summed E-state index contributed by atoms with van der Waals surface area (Å²) in [7, 11) is 1.41. The van der Waals surface area contributed by atoms with Gasteiger partial charge in [-0.3, -0.25) is 4.79 Å². The van der Waals surface area contributed by atoms with Crippen LogP contribution in [0.4, 0.5) is 0 Å². The van der Waals surface area contributed by atoms with Gasteiger partial charge in [-0.2, -0.15) is 0 Å². The van der Waals surface area contributed by atoms with Crippen LogP contribution < -0.4 is 5.32 Å². The molecular formula is C10H13N3O2. The minimum Gasteiger partial charge on any atom is -0.469 e. The third-order valence-corrected chi connectivity index (χ3v) is 2.70. The van der Waals surface area contributed by atoms with Crippen molar-refractivity contribution in [3.8, 4) is 0 Å². The maximum atomic E-state index is 11.5. The number of hydrogen-bond acceptors (Lipinski definition) is 5. The predicted octanol–water partition coefficient (Wildman–Crippen LogP) is -0.0474. The zero-order chi connectivity index (χ0) is 10.7. The quantitative estimate of drug-likeness (QED) is 0.689. The molecule has 1 fully saturated rings. The summed E-state index contributed by atoms with van der Waals surface area (Å²) in [6.45, 7) is 1.41. The van der Waals surface area contributed by atoms with Gasteiger partial charge < -0.3 is 10.1 Å². The van der Waals surface area contributed by atoms with Gasteiger partial charge in [0.2, 0.25) is 0 Å². The maximum absolute atomic E-state index is 11.5. The fourth-order valence-corrected chi connectivity index (χ4v) is 1.91. The molecule has 2 unspecified atom stereocenters. The van der Waals surface area contributed by atoms with E-state index in [1.165, 1.54) is 13.4 Å². The number of ether oxygens (including phenoxy) is 1. The van der Waals surface area contributed by atoms with E-state index in [-0.39, 0.29) is 17.8 Å². The zero-order valence-corrected chi connectivity index (χ0v) is 8.51. The van der Waals surface area contributed by atoms with E-state index in [9.17, 15) is 4.79 Å². The Balaban J connectivity index is 2.18. The molecule has 1 aliphatic rings. The van der Waals surface area contributed by atoms with E-state index in [0.717, 1.165) is 12.2 Å². The molecule has 1 aromatic heterocycles. The molecule has 2 atom stereocenters. The van der Waals surface area contributed by atoms with Crippen LogP contribution in [0, 0.1) is 5.92 Å². The average molecular weight is 207 g/mol. The van der Waals surface area contributed by atoms with Crippen LogP contribution in [0.1, 0.15) is 11.6 Å². The van der Waals surface area contributed by atoms with E-state index in [4.69, 9.17) is 4.74 Å². The van der Waals surface area contributed by atoms with Gasteiger partial charge in [0.25, 0.3) is 0 Å². The van der Waals surface area contributed by atoms with Gasteiger partial charge in [-0.25, -0.2) is 9.97 Å². The number of rotatable bonds is 2. The van der Waals surface area contributed by atoms with Gasteiger partial charge in [-0.1, -0.05) is 0 Å². The number of aromatic nitrogens is 2. The summed E-state index contributed by atoms with van der Waals surface area (Å²) in [6, 6.07) is 1.84. The minimum absolute atomic E-state index is 0.0976. The Bertz CT molecular complexity index is 342.